The fourth-order valence-corrected chi connectivity index (χ4v) is 3.12. The summed E-state index contributed by atoms with van der Waals surface area (Å²) in [6.07, 6.45) is 0.170. The predicted octanol–water partition coefficient (Wildman–Crippen LogP) is 2.16. The molecule has 3 amide bonds. The number of imide groups is 1. The van der Waals surface area contributed by atoms with Crippen molar-refractivity contribution in [3.8, 4) is 6.07 Å². The normalized spacial score (nSPS) is 12.3. The number of nitriles is 1. The molecule has 0 spiro atoms. The molecule has 0 radical (unpaired) electrons. The monoisotopic (exact) mass is 405 g/mol. The Morgan fingerprint density at radius 1 is 0.967 bits per heavy atom. The molecular weight excluding hydrogens is 386 g/mol. The predicted molar refractivity (Wildman–Crippen MR) is 106 cm³/mol. The van der Waals surface area contributed by atoms with Gasteiger partial charge in [-0.2, -0.15) is 5.26 Å². The number of hydrogen-bond donors (Lipinski definition) is 0. The average molecular weight is 405 g/mol. The van der Waals surface area contributed by atoms with Gasteiger partial charge in [-0.25, -0.2) is 0 Å². The lowest BCUT2D eigenvalue weighted by Gasteiger charge is -2.19. The maximum Gasteiger partial charge on any atom is 0.306 e. The van der Waals surface area contributed by atoms with Gasteiger partial charge in [0.2, 0.25) is 0 Å². The summed E-state index contributed by atoms with van der Waals surface area (Å²) < 4.78 is 5.00. The molecule has 30 heavy (non-hydrogen) atoms. The van der Waals surface area contributed by atoms with Crippen LogP contribution in [0, 0.1) is 11.3 Å². The zero-order valence-electron chi connectivity index (χ0n) is 16.1. The van der Waals surface area contributed by atoms with Crippen LogP contribution in [-0.2, 0) is 14.3 Å². The molecule has 1 heterocycles. The van der Waals surface area contributed by atoms with Crippen LogP contribution in [0.4, 0.5) is 5.69 Å². The molecule has 0 N–H and O–H groups in total. The minimum absolute atomic E-state index is 0.0513. The number of nitrogens with zero attached hydrogens (tertiary/aromatic N) is 3. The number of rotatable bonds is 8. The van der Waals surface area contributed by atoms with E-state index in [9.17, 15) is 19.2 Å². The highest BCUT2D eigenvalue weighted by Gasteiger charge is 2.34. The minimum Gasteiger partial charge on any atom is -0.456 e. The molecular formula is C22H19N3O5. The van der Waals surface area contributed by atoms with Gasteiger partial charge in [-0.1, -0.05) is 30.3 Å². The van der Waals surface area contributed by atoms with Crippen LogP contribution in [0.3, 0.4) is 0 Å². The van der Waals surface area contributed by atoms with Gasteiger partial charge < -0.3 is 4.74 Å². The summed E-state index contributed by atoms with van der Waals surface area (Å²) in [6, 6.07) is 17.1. The molecule has 2 aromatic carbocycles. The molecule has 3 rings (SSSR count). The zero-order chi connectivity index (χ0) is 21.5. The van der Waals surface area contributed by atoms with Gasteiger partial charge in [0.1, 0.15) is 6.54 Å². The van der Waals surface area contributed by atoms with Gasteiger partial charge in [0.05, 0.1) is 17.2 Å². The summed E-state index contributed by atoms with van der Waals surface area (Å²) in [5.74, 6) is -1.90. The van der Waals surface area contributed by atoms with E-state index in [0.29, 0.717) is 16.8 Å². The molecule has 0 fully saturated rings. The molecule has 1 aliphatic rings. The van der Waals surface area contributed by atoms with Gasteiger partial charge in [-0.15, -0.1) is 0 Å². The Bertz CT molecular complexity index is 978. The topological polar surface area (TPSA) is 108 Å². The Balaban J connectivity index is 1.46. The van der Waals surface area contributed by atoms with Gasteiger partial charge in [0, 0.05) is 18.7 Å². The van der Waals surface area contributed by atoms with Gasteiger partial charge >= 0.3 is 5.97 Å². The molecule has 8 nitrogen and oxygen atoms in total. The largest absolute Gasteiger partial charge is 0.456 e. The number of esters is 1. The van der Waals surface area contributed by atoms with Crippen molar-refractivity contribution in [2.24, 2.45) is 0 Å². The molecule has 0 bridgehead atoms. The molecule has 0 atom stereocenters. The van der Waals surface area contributed by atoms with Crippen molar-refractivity contribution >= 4 is 29.4 Å². The first-order chi connectivity index (χ1) is 14.5. The zero-order valence-corrected chi connectivity index (χ0v) is 16.1. The second-order valence-corrected chi connectivity index (χ2v) is 6.55. The molecule has 8 heteroatoms. The van der Waals surface area contributed by atoms with E-state index in [1.54, 1.807) is 54.6 Å². The van der Waals surface area contributed by atoms with Gasteiger partial charge in [-0.05, 0) is 30.7 Å². The summed E-state index contributed by atoms with van der Waals surface area (Å²) in [7, 11) is 0. The van der Waals surface area contributed by atoms with Crippen LogP contribution >= 0.6 is 0 Å². The Morgan fingerprint density at radius 2 is 1.57 bits per heavy atom. The van der Waals surface area contributed by atoms with E-state index in [4.69, 9.17) is 10.00 Å². The van der Waals surface area contributed by atoms with Gasteiger partial charge in [0.15, 0.2) is 6.61 Å². The molecule has 1 aliphatic heterocycles. The average Bonchev–Trinajstić information content (AvgIpc) is 3.01. The van der Waals surface area contributed by atoms with E-state index in [2.05, 4.69) is 0 Å². The van der Waals surface area contributed by atoms with Crippen molar-refractivity contribution in [1.29, 1.82) is 5.26 Å². The second kappa shape index (κ2) is 9.47. The first-order valence-corrected chi connectivity index (χ1v) is 9.36. The van der Waals surface area contributed by atoms with Gasteiger partial charge in [-0.3, -0.25) is 29.0 Å². The minimum atomic E-state index is -0.620. The lowest BCUT2D eigenvalue weighted by molar-refractivity contribution is -0.147. The van der Waals surface area contributed by atoms with E-state index in [0.717, 1.165) is 4.90 Å². The van der Waals surface area contributed by atoms with Crippen LogP contribution in [-0.4, -0.2) is 48.3 Å². The first kappa shape index (κ1) is 20.7. The Morgan fingerprint density at radius 3 is 2.17 bits per heavy atom. The van der Waals surface area contributed by atoms with Crippen LogP contribution in [0.15, 0.2) is 54.6 Å². The second-order valence-electron chi connectivity index (χ2n) is 6.55. The third-order valence-corrected chi connectivity index (χ3v) is 4.60. The van der Waals surface area contributed by atoms with Crippen molar-refractivity contribution in [2.45, 2.75) is 12.8 Å². The number of anilines is 1. The fourth-order valence-electron chi connectivity index (χ4n) is 3.12. The number of ether oxygens (including phenoxy) is 1. The Kier molecular flexibility index (Phi) is 6.55. The van der Waals surface area contributed by atoms with Gasteiger partial charge in [0.25, 0.3) is 17.7 Å². The van der Waals surface area contributed by atoms with E-state index in [1.165, 1.54) is 4.90 Å². The first-order valence-electron chi connectivity index (χ1n) is 9.36. The number of hydrogen-bond acceptors (Lipinski definition) is 6. The molecule has 2 aromatic rings. The van der Waals surface area contributed by atoms with E-state index >= 15 is 0 Å². The third kappa shape index (κ3) is 4.52. The number of amides is 3. The quantitative estimate of drug-likeness (QED) is 0.378. The number of fused-ring (bicyclic) bond motifs is 1. The number of carbonyl (C=O) groups is 4. The number of para-hydroxylation sites is 1. The maximum atomic E-state index is 12.3. The van der Waals surface area contributed by atoms with E-state index < -0.39 is 18.5 Å². The summed E-state index contributed by atoms with van der Waals surface area (Å²) in [4.78, 5) is 51.2. The molecule has 0 aliphatic carbocycles. The highest BCUT2D eigenvalue weighted by atomic mass is 16.5. The van der Waals surface area contributed by atoms with E-state index in [-0.39, 0.29) is 37.7 Å². The van der Waals surface area contributed by atoms with Crippen molar-refractivity contribution < 1.29 is 23.9 Å². The van der Waals surface area contributed by atoms with Crippen molar-refractivity contribution in [3.05, 3.63) is 65.7 Å². The van der Waals surface area contributed by atoms with Crippen molar-refractivity contribution in [2.75, 3.05) is 24.6 Å². The molecule has 0 saturated carbocycles. The summed E-state index contributed by atoms with van der Waals surface area (Å²) >= 11 is 0. The Hall–Kier alpha value is -3.99. The van der Waals surface area contributed by atoms with Crippen LogP contribution < -0.4 is 4.90 Å². The highest BCUT2D eigenvalue weighted by Crippen LogP contribution is 2.22. The van der Waals surface area contributed by atoms with Crippen molar-refractivity contribution in [1.82, 2.24) is 4.90 Å². The molecule has 152 valence electrons. The number of benzene rings is 2. The smallest absolute Gasteiger partial charge is 0.306 e. The Labute approximate surface area is 173 Å². The summed E-state index contributed by atoms with van der Waals surface area (Å²) in [5.41, 5.74) is 1.24. The third-order valence-electron chi connectivity index (χ3n) is 4.60. The van der Waals surface area contributed by atoms with Crippen LogP contribution in [0.2, 0.25) is 0 Å². The lowest BCUT2D eigenvalue weighted by atomic mass is 10.1. The molecule has 0 unspecified atom stereocenters. The SMILES string of the molecule is N#CCN(C(=O)COC(=O)CCCN1C(=O)c2ccccc2C1=O)c1ccccc1. The van der Waals surface area contributed by atoms with Crippen LogP contribution in [0.25, 0.3) is 0 Å². The van der Waals surface area contributed by atoms with Crippen molar-refractivity contribution in [3.63, 3.8) is 0 Å². The highest BCUT2D eigenvalue weighted by molar-refractivity contribution is 6.21. The van der Waals surface area contributed by atoms with Crippen LogP contribution in [0.5, 0.6) is 0 Å². The summed E-state index contributed by atoms with van der Waals surface area (Å²) in [6.45, 7) is -0.581. The fraction of sp³-hybridized carbons (Fsp3) is 0.227. The standard InChI is InChI=1S/C22H19N3O5/c23-12-14-24(16-7-2-1-3-8-16)19(26)15-30-20(27)11-6-13-25-21(28)17-9-4-5-10-18(17)22(25)29/h1-5,7-10H,6,11,13-15H2. The molecule has 0 aromatic heterocycles. The maximum absolute atomic E-state index is 12.3. The van der Waals surface area contributed by atoms with E-state index in [1.807, 2.05) is 6.07 Å². The molecule has 0 saturated heterocycles. The lowest BCUT2D eigenvalue weighted by Crippen LogP contribution is -2.35. The number of carbonyl (C=O) groups excluding carboxylic acids is 4. The summed E-state index contributed by atoms with van der Waals surface area (Å²) in [5, 5.41) is 8.94. The van der Waals surface area contributed by atoms with Crippen LogP contribution in [0.1, 0.15) is 33.6 Å².